The third-order valence-corrected chi connectivity index (χ3v) is 19.5. The van der Waals surface area contributed by atoms with Crippen molar-refractivity contribution in [3.05, 3.63) is 90.6 Å². The third-order valence-electron chi connectivity index (χ3n) is 14.9. The summed E-state index contributed by atoms with van der Waals surface area (Å²) in [5, 5.41) is 0. The number of aryl methyl sites for hydroxylation is 1. The van der Waals surface area contributed by atoms with Gasteiger partial charge in [0, 0.05) is 43.9 Å². The molecule has 484 valence electrons. The van der Waals surface area contributed by atoms with Gasteiger partial charge in [0.1, 0.15) is 36.1 Å². The molecule has 24 nitrogen and oxygen atoms in total. The Bertz CT molecular complexity index is 3090. The van der Waals surface area contributed by atoms with Crippen LogP contribution in [0.15, 0.2) is 85.1 Å². The smallest absolute Gasteiger partial charge is 0.324 e. The highest BCUT2D eigenvalue weighted by atomic mass is 32.2. The minimum absolute atomic E-state index is 0.187. The van der Waals surface area contributed by atoms with Crippen molar-refractivity contribution in [2.24, 2.45) is 0 Å². The molecule has 0 saturated carbocycles. The number of rotatable bonds is 28. The van der Waals surface area contributed by atoms with Gasteiger partial charge in [-0.2, -0.15) is 38.2 Å². The van der Waals surface area contributed by atoms with Crippen LogP contribution in [-0.2, 0) is 65.6 Å². The summed E-state index contributed by atoms with van der Waals surface area (Å²) >= 11 is 0. The SMILES string of the molecule is CCC(CC)OC(=O)[C@@H]1CCCCN1S(=O)(=O)Nc1cc(OC)c(OC)c(OC)c1.CCC(CC)OC(=O)[C@@H]1CCCCN1S(=O)(=O)Nc1ccc(OC)nc1.COc1cccc(NS(=O)(=O)N2CCCC[C@H]2C(=O)OCCCCc2ccccc2)c1. The van der Waals surface area contributed by atoms with Crippen LogP contribution in [0.3, 0.4) is 0 Å². The second-order valence-electron chi connectivity index (χ2n) is 20.8. The largest absolute Gasteiger partial charge is 0.497 e. The van der Waals surface area contributed by atoms with Gasteiger partial charge in [0.2, 0.25) is 11.6 Å². The highest BCUT2D eigenvalue weighted by molar-refractivity contribution is 7.91. The molecule has 4 heterocycles. The second-order valence-corrected chi connectivity index (χ2v) is 25.7. The quantitative estimate of drug-likeness (QED) is 0.0271. The van der Waals surface area contributed by atoms with Gasteiger partial charge in [-0.25, -0.2) is 4.98 Å². The normalized spacial score (nSPS) is 17.7. The van der Waals surface area contributed by atoms with Gasteiger partial charge in [0.25, 0.3) is 0 Å². The van der Waals surface area contributed by atoms with Crippen LogP contribution in [0.1, 0.15) is 130 Å². The van der Waals surface area contributed by atoms with Gasteiger partial charge in [-0.15, -0.1) is 0 Å². The van der Waals surface area contributed by atoms with Crippen LogP contribution < -0.4 is 37.9 Å². The first-order valence-corrected chi connectivity index (χ1v) is 34.0. The Balaban J connectivity index is 0.000000239. The summed E-state index contributed by atoms with van der Waals surface area (Å²) in [5.41, 5.74) is 2.19. The molecule has 0 amide bonds. The molecule has 0 bridgehead atoms. The molecule has 4 aromatic rings. The van der Waals surface area contributed by atoms with E-state index >= 15 is 0 Å². The fourth-order valence-corrected chi connectivity index (χ4v) is 14.3. The summed E-state index contributed by atoms with van der Waals surface area (Å²) in [6.45, 7) is 8.84. The fourth-order valence-electron chi connectivity index (χ4n) is 10.0. The van der Waals surface area contributed by atoms with E-state index in [0.29, 0.717) is 111 Å². The topological polar surface area (TPSA) is 286 Å². The zero-order valence-electron chi connectivity index (χ0n) is 51.6. The fraction of sp³-hybridized carbons (Fsp3) is 0.567. The maximum atomic E-state index is 13.1. The van der Waals surface area contributed by atoms with E-state index in [1.807, 2.05) is 45.9 Å². The first kappa shape index (κ1) is 71.1. The van der Waals surface area contributed by atoms with Gasteiger partial charge in [-0.05, 0) is 126 Å². The molecule has 3 fully saturated rings. The number of piperidine rings is 3. The van der Waals surface area contributed by atoms with Crippen molar-refractivity contribution >= 4 is 65.6 Å². The maximum absolute atomic E-state index is 13.1. The number of methoxy groups -OCH3 is 5. The molecule has 3 aliphatic heterocycles. The lowest BCUT2D eigenvalue weighted by atomic mass is 10.1. The van der Waals surface area contributed by atoms with Gasteiger partial charge >= 0.3 is 48.5 Å². The van der Waals surface area contributed by atoms with Crippen LogP contribution in [0.25, 0.3) is 0 Å². The number of anilines is 3. The lowest BCUT2D eigenvalue weighted by molar-refractivity contribution is -0.155. The number of esters is 3. The van der Waals surface area contributed by atoms with E-state index in [1.54, 1.807) is 36.4 Å². The van der Waals surface area contributed by atoms with E-state index in [-0.39, 0.29) is 37.5 Å². The number of pyridine rings is 1. The Kier molecular flexibility index (Phi) is 28.9. The van der Waals surface area contributed by atoms with Crippen LogP contribution in [-0.4, -0.2) is 153 Å². The molecule has 3 aliphatic rings. The molecule has 0 unspecified atom stereocenters. The summed E-state index contributed by atoms with van der Waals surface area (Å²) in [7, 11) is -4.45. The molecule has 87 heavy (non-hydrogen) atoms. The predicted molar refractivity (Wildman–Crippen MR) is 332 cm³/mol. The monoisotopic (exact) mass is 1280 g/mol. The van der Waals surface area contributed by atoms with Crippen LogP contribution in [0, 0.1) is 0 Å². The Morgan fingerprint density at radius 2 is 1.00 bits per heavy atom. The molecule has 0 spiro atoms. The molecule has 27 heteroatoms. The average molecular weight is 1280 g/mol. The second kappa shape index (κ2) is 35.4. The highest BCUT2D eigenvalue weighted by Gasteiger charge is 2.41. The molecule has 0 aliphatic carbocycles. The molecule has 3 saturated heterocycles. The van der Waals surface area contributed by atoms with Gasteiger partial charge in [-0.3, -0.25) is 28.5 Å². The van der Waals surface area contributed by atoms with Crippen molar-refractivity contribution in [1.29, 1.82) is 0 Å². The van der Waals surface area contributed by atoms with Crippen molar-refractivity contribution in [3.8, 4) is 28.9 Å². The average Bonchev–Trinajstić information content (AvgIpc) is 2.05. The Morgan fingerprint density at radius 3 is 1.44 bits per heavy atom. The highest BCUT2D eigenvalue weighted by Crippen LogP contribution is 2.41. The number of hydrogen-bond acceptors (Lipinski definition) is 18. The number of nitrogens with zero attached hydrogens (tertiary/aromatic N) is 4. The van der Waals surface area contributed by atoms with E-state index in [4.69, 9.17) is 37.9 Å². The number of carbonyl (C=O) groups is 3. The van der Waals surface area contributed by atoms with Gasteiger partial charge in [-0.1, -0.05) is 64.1 Å². The summed E-state index contributed by atoms with van der Waals surface area (Å²) in [6, 6.07) is 20.5. The minimum atomic E-state index is -4.02. The number of benzene rings is 3. The Labute approximate surface area is 514 Å². The van der Waals surface area contributed by atoms with Crippen LogP contribution >= 0.6 is 0 Å². The number of carbonyl (C=O) groups excluding carboxylic acids is 3. The summed E-state index contributed by atoms with van der Waals surface area (Å²) in [4.78, 5) is 41.9. The lowest BCUT2D eigenvalue weighted by Crippen LogP contribution is -2.51. The number of unbranched alkanes of at least 4 members (excludes halogenated alkanes) is 1. The summed E-state index contributed by atoms with van der Waals surface area (Å²) in [6.07, 6.45) is 12.1. The zero-order chi connectivity index (χ0) is 63.6. The van der Waals surface area contributed by atoms with E-state index in [9.17, 15) is 39.6 Å². The molecule has 7 rings (SSSR count). The third kappa shape index (κ3) is 21.3. The number of ether oxygens (including phenoxy) is 8. The zero-order valence-corrected chi connectivity index (χ0v) is 54.0. The van der Waals surface area contributed by atoms with Crippen LogP contribution in [0.4, 0.5) is 17.1 Å². The van der Waals surface area contributed by atoms with Crippen molar-refractivity contribution < 1.29 is 77.5 Å². The molecule has 0 radical (unpaired) electrons. The Morgan fingerprint density at radius 1 is 0.517 bits per heavy atom. The van der Waals surface area contributed by atoms with Crippen LogP contribution in [0.5, 0.6) is 28.9 Å². The van der Waals surface area contributed by atoms with Crippen molar-refractivity contribution in [2.45, 2.75) is 161 Å². The van der Waals surface area contributed by atoms with E-state index in [2.05, 4.69) is 31.3 Å². The van der Waals surface area contributed by atoms with Gasteiger partial charge in [0.05, 0.1) is 65.4 Å². The van der Waals surface area contributed by atoms with E-state index < -0.39 is 66.7 Å². The molecule has 1 aromatic heterocycles. The predicted octanol–water partition coefficient (Wildman–Crippen LogP) is 9.06. The minimum Gasteiger partial charge on any atom is -0.497 e. The van der Waals surface area contributed by atoms with Crippen molar-refractivity contribution in [3.63, 3.8) is 0 Å². The molecule has 3 N–H and O–H groups in total. The number of aromatic nitrogens is 1. The van der Waals surface area contributed by atoms with E-state index in [0.717, 1.165) is 38.5 Å². The van der Waals surface area contributed by atoms with Gasteiger partial charge in [0.15, 0.2) is 11.5 Å². The van der Waals surface area contributed by atoms with Crippen molar-refractivity contribution in [2.75, 3.05) is 76.0 Å². The standard InChI is InChI=1S/C23H30N2O5S.C20H32N2O7S.C17H27N3O5S/c1-29-21-14-9-13-20(18-21)24-31(27,28)25-16-7-5-15-22(25)23(26)30-17-8-6-12-19-10-3-2-4-11-19;1-6-15(7-2)29-20(23)16-10-8-9-11-22(16)30(24,25)21-14-12-17(26-3)19(28-5)18(13-14)27-4;1-4-14(5-2)25-17(21)15-8-6-7-11-20(15)26(22,23)19-13-9-10-16(24-3)18-12-13/h2-4,9-11,13-14,18,22,24H,5-8,12,15-17H2,1H3;12-13,15-16,21H,6-11H2,1-5H3;9-10,12,14-15,19H,4-8,11H2,1-3H3/t22-;16-;15-/m000/s1. The first-order chi connectivity index (χ1) is 41.7. The van der Waals surface area contributed by atoms with E-state index in [1.165, 1.54) is 72.4 Å². The van der Waals surface area contributed by atoms with Gasteiger partial charge < -0.3 is 37.9 Å². The van der Waals surface area contributed by atoms with Crippen LogP contribution in [0.2, 0.25) is 0 Å². The number of nitrogens with one attached hydrogen (secondary N) is 3. The molecule has 3 atom stereocenters. The number of hydrogen-bond donors (Lipinski definition) is 3. The summed E-state index contributed by atoms with van der Waals surface area (Å²) in [5.74, 6) is 0.469. The molecular weight excluding hydrogens is 1190 g/mol. The summed E-state index contributed by atoms with van der Waals surface area (Å²) < 4.78 is 131. The lowest BCUT2D eigenvalue weighted by Gasteiger charge is -2.33. The molecular formula is C60H89N7O17S3. The molecule has 3 aromatic carbocycles. The first-order valence-electron chi connectivity index (χ1n) is 29.7. The Hall–Kier alpha value is -6.65. The van der Waals surface area contributed by atoms with Crippen molar-refractivity contribution in [1.82, 2.24) is 17.9 Å². The maximum Gasteiger partial charge on any atom is 0.324 e.